The Kier molecular flexibility index (Phi) is 6.50. The summed E-state index contributed by atoms with van der Waals surface area (Å²) in [6.07, 6.45) is 1.99. The van der Waals surface area contributed by atoms with Crippen LogP contribution in [-0.2, 0) is 21.1 Å². The fraction of sp³-hybridized carbons (Fsp3) is 0.316. The van der Waals surface area contributed by atoms with Crippen LogP contribution in [-0.4, -0.2) is 27.1 Å². The lowest BCUT2D eigenvalue weighted by Gasteiger charge is -2.15. The van der Waals surface area contributed by atoms with Gasteiger partial charge in [0.2, 0.25) is 5.91 Å². The highest BCUT2D eigenvalue weighted by molar-refractivity contribution is 7.90. The van der Waals surface area contributed by atoms with Crippen molar-refractivity contribution in [1.82, 2.24) is 5.32 Å². The maximum Gasteiger partial charge on any atom is 0.238 e. The molecule has 0 saturated heterocycles. The maximum atomic E-state index is 13.8. The first-order chi connectivity index (χ1) is 12.2. The average molecular weight is 378 g/mol. The molecule has 0 aliphatic heterocycles. The molecule has 0 aromatic heterocycles. The number of halogens is 1. The molecule has 0 saturated carbocycles. The molecule has 0 heterocycles. The first-order valence-electron chi connectivity index (χ1n) is 8.32. The Balaban J connectivity index is 1.98. The van der Waals surface area contributed by atoms with E-state index >= 15 is 0 Å². The van der Waals surface area contributed by atoms with Crippen molar-refractivity contribution in [2.75, 3.05) is 18.1 Å². The second kappa shape index (κ2) is 8.42. The summed E-state index contributed by atoms with van der Waals surface area (Å²) in [5.74, 6) is -1.14. The number of carbonyl (C=O) groups is 1. The van der Waals surface area contributed by atoms with Crippen LogP contribution in [0, 0.1) is 5.82 Å². The van der Waals surface area contributed by atoms with E-state index in [1.165, 1.54) is 11.6 Å². The molecule has 2 N–H and O–H groups in total. The van der Waals surface area contributed by atoms with E-state index < -0.39 is 21.6 Å². The van der Waals surface area contributed by atoms with Crippen molar-refractivity contribution in [2.45, 2.75) is 31.2 Å². The van der Waals surface area contributed by atoms with Crippen LogP contribution in [0.4, 0.5) is 10.1 Å². The van der Waals surface area contributed by atoms with Crippen LogP contribution < -0.4 is 10.6 Å². The molecule has 2 rings (SSSR count). The highest BCUT2D eigenvalue weighted by atomic mass is 32.2. The summed E-state index contributed by atoms with van der Waals surface area (Å²) in [6, 6.07) is 11.3. The van der Waals surface area contributed by atoms with Gasteiger partial charge >= 0.3 is 0 Å². The van der Waals surface area contributed by atoms with Crippen molar-refractivity contribution in [3.63, 3.8) is 0 Å². The van der Waals surface area contributed by atoms with Crippen molar-refractivity contribution in [3.8, 4) is 0 Å². The molecule has 140 valence electrons. The van der Waals surface area contributed by atoms with E-state index in [0.717, 1.165) is 30.4 Å². The van der Waals surface area contributed by atoms with Crippen molar-refractivity contribution < 1.29 is 17.6 Å². The smallest absolute Gasteiger partial charge is 0.238 e. The Morgan fingerprint density at radius 2 is 1.81 bits per heavy atom. The van der Waals surface area contributed by atoms with Gasteiger partial charge in [0.25, 0.3) is 0 Å². The Labute approximate surface area is 153 Å². The molecule has 0 aliphatic carbocycles. The average Bonchev–Trinajstić information content (AvgIpc) is 2.60. The molecule has 1 amide bonds. The number of amides is 1. The van der Waals surface area contributed by atoms with Gasteiger partial charge in [0.15, 0.2) is 9.84 Å². The fourth-order valence-electron chi connectivity index (χ4n) is 2.43. The predicted octanol–water partition coefficient (Wildman–Crippen LogP) is 3.08. The Morgan fingerprint density at radius 1 is 1.15 bits per heavy atom. The highest BCUT2D eigenvalue weighted by Gasteiger charge is 2.14. The van der Waals surface area contributed by atoms with Gasteiger partial charge in [0.1, 0.15) is 5.82 Å². The summed E-state index contributed by atoms with van der Waals surface area (Å²) in [5.41, 5.74) is 2.12. The van der Waals surface area contributed by atoms with Crippen LogP contribution in [0.15, 0.2) is 47.4 Å². The number of rotatable bonds is 7. The van der Waals surface area contributed by atoms with Gasteiger partial charge in [-0.3, -0.25) is 4.79 Å². The molecule has 0 radical (unpaired) electrons. The van der Waals surface area contributed by atoms with Gasteiger partial charge in [-0.25, -0.2) is 12.8 Å². The third kappa shape index (κ3) is 5.37. The van der Waals surface area contributed by atoms with Crippen LogP contribution in [0.5, 0.6) is 0 Å². The molecule has 2 aromatic rings. The number of carbonyl (C=O) groups excluding carboxylic acids is 1. The maximum absolute atomic E-state index is 13.8. The van der Waals surface area contributed by atoms with E-state index in [9.17, 15) is 17.6 Å². The minimum absolute atomic E-state index is 0.0285. The zero-order valence-electron chi connectivity index (χ0n) is 15.0. The molecular weight excluding hydrogens is 355 g/mol. The van der Waals surface area contributed by atoms with Crippen LogP contribution in [0.2, 0.25) is 0 Å². The summed E-state index contributed by atoms with van der Waals surface area (Å²) >= 11 is 0. The standard InChI is InChI=1S/C19H23FN2O3S/c1-4-14-5-7-15(8-6-14)13(2)21-12-19(23)22-18-11-16(26(3,24)25)9-10-17(18)20/h5-11,13,21H,4,12H2,1-3H3,(H,22,23)/t13-/m0/s1. The minimum Gasteiger partial charge on any atom is -0.322 e. The van der Waals surface area contributed by atoms with Gasteiger partial charge in [0.05, 0.1) is 17.1 Å². The van der Waals surface area contributed by atoms with Gasteiger partial charge < -0.3 is 10.6 Å². The molecule has 5 nitrogen and oxygen atoms in total. The molecule has 7 heteroatoms. The molecular formula is C19H23FN2O3S. The second-order valence-electron chi connectivity index (χ2n) is 6.16. The van der Waals surface area contributed by atoms with Crippen LogP contribution in [0.3, 0.4) is 0 Å². The first kappa shape index (κ1) is 20.1. The molecule has 0 unspecified atom stereocenters. The summed E-state index contributed by atoms with van der Waals surface area (Å²) in [6.45, 7) is 3.98. The molecule has 0 fully saturated rings. The first-order valence-corrected chi connectivity index (χ1v) is 10.2. The monoisotopic (exact) mass is 378 g/mol. The van der Waals surface area contributed by atoms with Crippen molar-refractivity contribution >= 4 is 21.4 Å². The van der Waals surface area contributed by atoms with E-state index in [4.69, 9.17) is 0 Å². The lowest BCUT2D eigenvalue weighted by atomic mass is 10.1. The van der Waals surface area contributed by atoms with Crippen molar-refractivity contribution in [3.05, 3.63) is 59.4 Å². The fourth-order valence-corrected chi connectivity index (χ4v) is 3.08. The molecule has 2 aromatic carbocycles. The number of aryl methyl sites for hydroxylation is 1. The van der Waals surface area contributed by atoms with E-state index in [0.29, 0.717) is 0 Å². The zero-order chi connectivity index (χ0) is 19.3. The number of sulfone groups is 1. The van der Waals surface area contributed by atoms with Gasteiger partial charge in [-0.2, -0.15) is 0 Å². The van der Waals surface area contributed by atoms with Gasteiger partial charge in [0, 0.05) is 12.3 Å². The third-order valence-electron chi connectivity index (χ3n) is 4.10. The number of nitrogens with one attached hydrogen (secondary N) is 2. The minimum atomic E-state index is -3.48. The molecule has 1 atom stereocenters. The molecule has 0 spiro atoms. The van der Waals surface area contributed by atoms with E-state index in [1.54, 1.807) is 0 Å². The van der Waals surface area contributed by atoms with Crippen LogP contribution in [0.1, 0.15) is 31.0 Å². The predicted molar refractivity (Wildman–Crippen MR) is 100 cm³/mol. The number of hydrogen-bond acceptors (Lipinski definition) is 4. The zero-order valence-corrected chi connectivity index (χ0v) is 15.9. The highest BCUT2D eigenvalue weighted by Crippen LogP contribution is 2.19. The van der Waals surface area contributed by atoms with Crippen LogP contribution >= 0.6 is 0 Å². The number of anilines is 1. The lowest BCUT2D eigenvalue weighted by Crippen LogP contribution is -2.30. The largest absolute Gasteiger partial charge is 0.322 e. The molecule has 26 heavy (non-hydrogen) atoms. The lowest BCUT2D eigenvalue weighted by molar-refractivity contribution is -0.115. The van der Waals surface area contributed by atoms with Gasteiger partial charge in [-0.1, -0.05) is 31.2 Å². The Bertz CT molecular complexity index is 880. The quantitative estimate of drug-likeness (QED) is 0.726. The Morgan fingerprint density at radius 3 is 2.38 bits per heavy atom. The summed E-state index contributed by atoms with van der Waals surface area (Å²) < 4.78 is 36.9. The van der Waals surface area contributed by atoms with Crippen molar-refractivity contribution in [2.24, 2.45) is 0 Å². The number of hydrogen-bond donors (Lipinski definition) is 2. The summed E-state index contributed by atoms with van der Waals surface area (Å²) in [5, 5.41) is 5.47. The third-order valence-corrected chi connectivity index (χ3v) is 5.21. The Hall–Kier alpha value is -2.25. The summed E-state index contributed by atoms with van der Waals surface area (Å²) in [7, 11) is -3.48. The van der Waals surface area contributed by atoms with E-state index in [2.05, 4.69) is 17.6 Å². The van der Waals surface area contributed by atoms with E-state index in [-0.39, 0.29) is 23.2 Å². The molecule has 0 bridgehead atoms. The topological polar surface area (TPSA) is 75.3 Å². The normalized spacial score (nSPS) is 12.6. The molecule has 0 aliphatic rings. The SMILES string of the molecule is CCc1ccc([C@H](C)NCC(=O)Nc2cc(S(C)(=O)=O)ccc2F)cc1. The van der Waals surface area contributed by atoms with Gasteiger partial charge in [-0.15, -0.1) is 0 Å². The van der Waals surface area contributed by atoms with E-state index in [1.807, 2.05) is 31.2 Å². The van der Waals surface area contributed by atoms with Crippen molar-refractivity contribution in [1.29, 1.82) is 0 Å². The van der Waals surface area contributed by atoms with Gasteiger partial charge in [-0.05, 0) is 42.7 Å². The number of benzene rings is 2. The van der Waals surface area contributed by atoms with Crippen LogP contribution in [0.25, 0.3) is 0 Å². The second-order valence-corrected chi connectivity index (χ2v) is 8.18. The summed E-state index contributed by atoms with van der Waals surface area (Å²) in [4.78, 5) is 12.0.